The molecular formula is C13H16N2S. The zero-order valence-corrected chi connectivity index (χ0v) is 10.9. The average Bonchev–Trinajstić information content (AvgIpc) is 2.43. The highest BCUT2D eigenvalue weighted by Crippen LogP contribution is 2.28. The van der Waals surface area contributed by atoms with Crippen molar-refractivity contribution in [2.24, 2.45) is 0 Å². The molecule has 2 N–H and O–H groups in total. The molecule has 0 fully saturated rings. The molecule has 0 spiro atoms. The number of hydrogen-bond acceptors (Lipinski definition) is 1. The van der Waals surface area contributed by atoms with Crippen LogP contribution in [0.25, 0.3) is 11.3 Å². The number of rotatable bonds is 1. The Morgan fingerprint density at radius 2 is 1.50 bits per heavy atom. The lowest BCUT2D eigenvalue weighted by atomic mass is 9.97. The Bertz CT molecular complexity index is 567. The number of hydrogen-bond donors (Lipinski definition) is 2. The summed E-state index contributed by atoms with van der Waals surface area (Å²) >= 11 is 5.12. The topological polar surface area (TPSA) is 31.6 Å². The van der Waals surface area contributed by atoms with Crippen LogP contribution in [-0.4, -0.2) is 9.97 Å². The minimum absolute atomic E-state index is 0.687. The Balaban J connectivity index is 2.74. The molecular weight excluding hydrogens is 216 g/mol. The van der Waals surface area contributed by atoms with Gasteiger partial charge in [-0.3, -0.25) is 0 Å². The molecule has 2 rings (SSSR count). The molecule has 0 unspecified atom stereocenters. The summed E-state index contributed by atoms with van der Waals surface area (Å²) in [6, 6.07) is 4.40. The molecule has 1 aromatic carbocycles. The summed E-state index contributed by atoms with van der Waals surface area (Å²) in [7, 11) is 0. The van der Waals surface area contributed by atoms with Crippen molar-refractivity contribution < 1.29 is 0 Å². The third-order valence-electron chi connectivity index (χ3n) is 2.84. The predicted molar refractivity (Wildman–Crippen MR) is 70.4 cm³/mol. The summed E-state index contributed by atoms with van der Waals surface area (Å²) in [5, 5.41) is 0. The lowest BCUT2D eigenvalue weighted by Crippen LogP contribution is -1.91. The van der Waals surface area contributed by atoms with Gasteiger partial charge in [0.1, 0.15) is 0 Å². The normalized spacial score (nSPS) is 10.8. The standard InChI is InChI=1S/C13H16N2S/c1-7-5-8(2)11(9(3)6-7)12-10(4)14-13(16)15-12/h5-6H,1-4H3,(H2,14,15,16). The molecule has 0 saturated heterocycles. The predicted octanol–water partition coefficient (Wildman–Crippen LogP) is 3.97. The van der Waals surface area contributed by atoms with Gasteiger partial charge in [0.2, 0.25) is 0 Å². The number of aromatic amines is 2. The maximum absolute atomic E-state index is 5.12. The fourth-order valence-corrected chi connectivity index (χ4v) is 2.55. The van der Waals surface area contributed by atoms with E-state index in [1.807, 2.05) is 6.92 Å². The Kier molecular flexibility index (Phi) is 2.72. The van der Waals surface area contributed by atoms with Crippen LogP contribution >= 0.6 is 12.2 Å². The van der Waals surface area contributed by atoms with Gasteiger partial charge in [0.15, 0.2) is 4.77 Å². The zero-order valence-electron chi connectivity index (χ0n) is 10.1. The second-order valence-electron chi connectivity index (χ2n) is 4.35. The van der Waals surface area contributed by atoms with Gasteiger partial charge in [-0.25, -0.2) is 0 Å². The second-order valence-corrected chi connectivity index (χ2v) is 4.76. The van der Waals surface area contributed by atoms with Crippen molar-refractivity contribution in [2.75, 3.05) is 0 Å². The van der Waals surface area contributed by atoms with Crippen molar-refractivity contribution in [3.05, 3.63) is 39.3 Å². The van der Waals surface area contributed by atoms with Gasteiger partial charge >= 0.3 is 0 Å². The van der Waals surface area contributed by atoms with Crippen LogP contribution in [0.2, 0.25) is 0 Å². The van der Waals surface area contributed by atoms with Crippen LogP contribution in [0.1, 0.15) is 22.4 Å². The molecule has 0 aliphatic rings. The average molecular weight is 232 g/mol. The SMILES string of the molecule is Cc1cc(C)c(-c2[nH]c(=S)[nH]c2C)c(C)c1. The van der Waals surface area contributed by atoms with Crippen LogP contribution in [0, 0.1) is 32.5 Å². The van der Waals surface area contributed by atoms with Gasteiger partial charge in [0.25, 0.3) is 0 Å². The van der Waals surface area contributed by atoms with Gasteiger partial charge in [-0.15, -0.1) is 0 Å². The highest BCUT2D eigenvalue weighted by molar-refractivity contribution is 7.71. The third-order valence-corrected chi connectivity index (χ3v) is 3.05. The minimum atomic E-state index is 0.687. The summed E-state index contributed by atoms with van der Waals surface area (Å²) in [6.45, 7) is 8.44. The van der Waals surface area contributed by atoms with E-state index in [0.29, 0.717) is 4.77 Å². The largest absolute Gasteiger partial charge is 0.334 e. The van der Waals surface area contributed by atoms with Crippen molar-refractivity contribution in [3.63, 3.8) is 0 Å². The van der Waals surface area contributed by atoms with Crippen LogP contribution in [0.3, 0.4) is 0 Å². The first-order valence-corrected chi connectivity index (χ1v) is 5.77. The van der Waals surface area contributed by atoms with E-state index in [4.69, 9.17) is 12.2 Å². The summed E-state index contributed by atoms with van der Waals surface area (Å²) in [6.07, 6.45) is 0. The maximum Gasteiger partial charge on any atom is 0.175 e. The number of imidazole rings is 1. The lowest BCUT2D eigenvalue weighted by Gasteiger charge is -2.10. The quantitative estimate of drug-likeness (QED) is 0.716. The molecule has 2 nitrogen and oxygen atoms in total. The van der Waals surface area contributed by atoms with Gasteiger partial charge in [-0.05, 0) is 51.0 Å². The molecule has 0 saturated carbocycles. The van der Waals surface area contributed by atoms with Gasteiger partial charge in [-0.2, -0.15) is 0 Å². The van der Waals surface area contributed by atoms with Gasteiger partial charge < -0.3 is 9.97 Å². The molecule has 0 amide bonds. The van der Waals surface area contributed by atoms with Gasteiger partial charge in [0, 0.05) is 11.3 Å². The smallest absolute Gasteiger partial charge is 0.175 e. The van der Waals surface area contributed by atoms with Crippen molar-refractivity contribution >= 4 is 12.2 Å². The van der Waals surface area contributed by atoms with Crippen LogP contribution < -0.4 is 0 Å². The minimum Gasteiger partial charge on any atom is -0.334 e. The highest BCUT2D eigenvalue weighted by atomic mass is 32.1. The van der Waals surface area contributed by atoms with Crippen molar-refractivity contribution in [2.45, 2.75) is 27.7 Å². The van der Waals surface area contributed by atoms with Crippen molar-refractivity contribution in [1.29, 1.82) is 0 Å². The van der Waals surface area contributed by atoms with E-state index in [2.05, 4.69) is 42.9 Å². The second kappa shape index (κ2) is 3.91. The van der Waals surface area contributed by atoms with Crippen molar-refractivity contribution in [3.8, 4) is 11.3 Å². The maximum atomic E-state index is 5.12. The molecule has 84 valence electrons. The van der Waals surface area contributed by atoms with Gasteiger partial charge in [0.05, 0.1) is 5.69 Å². The molecule has 0 bridgehead atoms. The summed E-state index contributed by atoms with van der Waals surface area (Å²) in [5.74, 6) is 0. The molecule has 16 heavy (non-hydrogen) atoms. The van der Waals surface area contributed by atoms with E-state index >= 15 is 0 Å². The van der Waals surface area contributed by atoms with E-state index in [1.165, 1.54) is 22.3 Å². The van der Waals surface area contributed by atoms with E-state index in [1.54, 1.807) is 0 Å². The molecule has 2 aromatic rings. The fraction of sp³-hybridized carbons (Fsp3) is 0.308. The molecule has 0 aliphatic carbocycles. The summed E-state index contributed by atoms with van der Waals surface area (Å²) in [5.41, 5.74) is 7.33. The van der Waals surface area contributed by atoms with Crippen LogP contribution in [-0.2, 0) is 0 Å². The summed E-state index contributed by atoms with van der Waals surface area (Å²) in [4.78, 5) is 6.36. The molecule has 3 heteroatoms. The van der Waals surface area contributed by atoms with Crippen LogP contribution in [0.4, 0.5) is 0 Å². The summed E-state index contributed by atoms with van der Waals surface area (Å²) < 4.78 is 0.687. The fourth-order valence-electron chi connectivity index (χ4n) is 2.30. The number of aryl methyl sites for hydroxylation is 4. The van der Waals surface area contributed by atoms with Crippen LogP contribution in [0.5, 0.6) is 0 Å². The molecule has 0 atom stereocenters. The van der Waals surface area contributed by atoms with E-state index in [-0.39, 0.29) is 0 Å². The first-order chi connectivity index (χ1) is 7.49. The number of H-pyrrole nitrogens is 2. The number of nitrogens with one attached hydrogen (secondary N) is 2. The Hall–Kier alpha value is -1.35. The van der Waals surface area contributed by atoms with E-state index in [9.17, 15) is 0 Å². The molecule has 1 heterocycles. The van der Waals surface area contributed by atoms with Gasteiger partial charge in [-0.1, -0.05) is 17.7 Å². The van der Waals surface area contributed by atoms with Crippen LogP contribution in [0.15, 0.2) is 12.1 Å². The Morgan fingerprint density at radius 1 is 0.938 bits per heavy atom. The third kappa shape index (κ3) is 1.83. The molecule has 1 aromatic heterocycles. The molecule has 0 radical (unpaired) electrons. The lowest BCUT2D eigenvalue weighted by molar-refractivity contribution is 1.22. The first kappa shape index (κ1) is 11.1. The monoisotopic (exact) mass is 232 g/mol. The highest BCUT2D eigenvalue weighted by Gasteiger charge is 2.10. The number of benzene rings is 1. The Morgan fingerprint density at radius 3 is 1.94 bits per heavy atom. The Labute approximate surface area is 101 Å². The van der Waals surface area contributed by atoms with Crippen molar-refractivity contribution in [1.82, 2.24) is 9.97 Å². The van der Waals surface area contributed by atoms with E-state index in [0.717, 1.165) is 11.4 Å². The number of aromatic nitrogens is 2. The zero-order chi connectivity index (χ0) is 11.9. The van der Waals surface area contributed by atoms with E-state index < -0.39 is 0 Å². The first-order valence-electron chi connectivity index (χ1n) is 5.36. The molecule has 0 aliphatic heterocycles.